The maximum absolute atomic E-state index is 11.8. The first-order valence-corrected chi connectivity index (χ1v) is 8.94. The Labute approximate surface area is 163 Å². The maximum atomic E-state index is 11.8. The van der Waals surface area contributed by atoms with Gasteiger partial charge in [-0.05, 0) is 30.7 Å². The molecule has 0 aliphatic heterocycles. The number of rotatable bonds is 7. The minimum absolute atomic E-state index is 0.133. The third kappa shape index (κ3) is 6.70. The van der Waals surface area contributed by atoms with Crippen LogP contribution in [0.4, 0.5) is 0 Å². The smallest absolute Gasteiger partial charge is 0.325 e. The van der Waals surface area contributed by atoms with Crippen LogP contribution in [-0.4, -0.2) is 28.3 Å². The quantitative estimate of drug-likeness (QED) is 0.484. The number of amides is 2. The summed E-state index contributed by atoms with van der Waals surface area (Å²) in [4.78, 5) is 50.9. The Morgan fingerprint density at radius 1 is 1.11 bits per heavy atom. The molecule has 0 aliphatic carbocycles. The topological polar surface area (TPSA) is 124 Å². The summed E-state index contributed by atoms with van der Waals surface area (Å²) in [5.41, 5.74) is 0.345. The zero-order valence-corrected chi connectivity index (χ0v) is 16.2. The molecule has 2 aromatic rings. The van der Waals surface area contributed by atoms with E-state index in [2.05, 4.69) is 36.5 Å². The summed E-state index contributed by atoms with van der Waals surface area (Å²) in [6.45, 7) is 2.13. The number of nitrogens with one attached hydrogen (secondary N) is 4. The van der Waals surface area contributed by atoms with Crippen LogP contribution in [0.5, 0.6) is 0 Å². The van der Waals surface area contributed by atoms with Gasteiger partial charge in [0.15, 0.2) is 0 Å². The van der Waals surface area contributed by atoms with Gasteiger partial charge in [0.2, 0.25) is 11.8 Å². The van der Waals surface area contributed by atoms with Gasteiger partial charge < -0.3 is 15.6 Å². The van der Waals surface area contributed by atoms with Gasteiger partial charge in [-0.15, -0.1) is 0 Å². The summed E-state index contributed by atoms with van der Waals surface area (Å²) in [6, 6.07) is 7.58. The van der Waals surface area contributed by atoms with E-state index in [1.54, 1.807) is 6.92 Å². The summed E-state index contributed by atoms with van der Waals surface area (Å²) < 4.78 is 0.965. The van der Waals surface area contributed by atoms with Gasteiger partial charge in [0.25, 0.3) is 5.56 Å². The second-order valence-electron chi connectivity index (χ2n) is 5.72. The Hall–Kier alpha value is -2.94. The SMILES string of the molecule is Cc1[nH]c(=O)[nH]c(=O)c1/C=C/C(=O)NCCC(=O)NCc1ccc(Br)cc1. The molecule has 0 atom stereocenters. The highest BCUT2D eigenvalue weighted by Crippen LogP contribution is 2.10. The summed E-state index contributed by atoms with van der Waals surface area (Å²) >= 11 is 3.34. The van der Waals surface area contributed by atoms with Crippen LogP contribution in [0.3, 0.4) is 0 Å². The molecule has 142 valence electrons. The van der Waals surface area contributed by atoms with Crippen molar-refractivity contribution in [2.75, 3.05) is 6.54 Å². The average molecular weight is 435 g/mol. The molecule has 1 aromatic carbocycles. The van der Waals surface area contributed by atoms with Crippen molar-refractivity contribution in [2.24, 2.45) is 0 Å². The van der Waals surface area contributed by atoms with Crippen LogP contribution >= 0.6 is 15.9 Å². The molecule has 0 spiro atoms. The van der Waals surface area contributed by atoms with Gasteiger partial charge >= 0.3 is 5.69 Å². The van der Waals surface area contributed by atoms with E-state index in [-0.39, 0.29) is 24.4 Å². The van der Waals surface area contributed by atoms with E-state index in [4.69, 9.17) is 0 Å². The van der Waals surface area contributed by atoms with Crippen molar-refractivity contribution in [1.82, 2.24) is 20.6 Å². The first-order chi connectivity index (χ1) is 12.8. The molecule has 0 bridgehead atoms. The minimum Gasteiger partial charge on any atom is -0.352 e. The average Bonchev–Trinajstić information content (AvgIpc) is 2.60. The molecule has 0 unspecified atom stereocenters. The molecule has 4 N–H and O–H groups in total. The van der Waals surface area contributed by atoms with Crippen molar-refractivity contribution >= 4 is 33.8 Å². The highest BCUT2D eigenvalue weighted by atomic mass is 79.9. The number of hydrogen-bond acceptors (Lipinski definition) is 4. The molecule has 0 radical (unpaired) electrons. The Morgan fingerprint density at radius 2 is 1.81 bits per heavy atom. The Kier molecular flexibility index (Phi) is 7.30. The number of carbonyl (C=O) groups excluding carboxylic acids is 2. The predicted octanol–water partition coefficient (Wildman–Crippen LogP) is 0.970. The molecule has 9 heteroatoms. The van der Waals surface area contributed by atoms with Crippen molar-refractivity contribution in [3.05, 3.63) is 72.5 Å². The number of aromatic amines is 2. The third-order valence-corrected chi connectivity index (χ3v) is 4.16. The van der Waals surface area contributed by atoms with Gasteiger partial charge in [-0.3, -0.25) is 19.4 Å². The van der Waals surface area contributed by atoms with E-state index < -0.39 is 17.2 Å². The molecule has 1 aromatic heterocycles. The van der Waals surface area contributed by atoms with Crippen molar-refractivity contribution < 1.29 is 9.59 Å². The van der Waals surface area contributed by atoms with E-state index in [1.165, 1.54) is 12.2 Å². The van der Waals surface area contributed by atoms with E-state index in [1.807, 2.05) is 24.3 Å². The monoisotopic (exact) mass is 434 g/mol. The molecule has 0 fully saturated rings. The van der Waals surface area contributed by atoms with Gasteiger partial charge in [0.05, 0.1) is 5.56 Å². The van der Waals surface area contributed by atoms with Crippen LogP contribution in [-0.2, 0) is 16.1 Å². The zero-order valence-electron chi connectivity index (χ0n) is 14.6. The number of carbonyl (C=O) groups is 2. The van der Waals surface area contributed by atoms with Gasteiger partial charge in [-0.2, -0.15) is 0 Å². The molecule has 2 rings (SSSR count). The molecule has 0 saturated carbocycles. The highest BCUT2D eigenvalue weighted by Gasteiger charge is 2.05. The van der Waals surface area contributed by atoms with Gasteiger partial charge in [-0.25, -0.2) is 4.79 Å². The van der Waals surface area contributed by atoms with Crippen LogP contribution in [0.15, 0.2) is 44.4 Å². The number of aromatic nitrogens is 2. The number of aryl methyl sites for hydroxylation is 1. The van der Waals surface area contributed by atoms with E-state index in [0.717, 1.165) is 10.0 Å². The largest absolute Gasteiger partial charge is 0.352 e. The van der Waals surface area contributed by atoms with Crippen LogP contribution in [0.25, 0.3) is 6.08 Å². The number of halogens is 1. The first-order valence-electron chi connectivity index (χ1n) is 8.15. The molecular weight excluding hydrogens is 416 g/mol. The lowest BCUT2D eigenvalue weighted by Gasteiger charge is -2.06. The lowest BCUT2D eigenvalue weighted by molar-refractivity contribution is -0.121. The summed E-state index contributed by atoms with van der Waals surface area (Å²) in [6.07, 6.45) is 2.62. The lowest BCUT2D eigenvalue weighted by atomic mass is 10.2. The van der Waals surface area contributed by atoms with Crippen molar-refractivity contribution in [3.8, 4) is 0 Å². The maximum Gasteiger partial charge on any atom is 0.325 e. The van der Waals surface area contributed by atoms with Crippen molar-refractivity contribution in [3.63, 3.8) is 0 Å². The zero-order chi connectivity index (χ0) is 19.8. The standard InChI is InChI=1S/C18H19BrN4O4/c1-11-14(17(26)23-18(27)22-11)6-7-15(24)20-9-8-16(25)21-10-12-2-4-13(19)5-3-12/h2-7H,8-10H2,1H3,(H,20,24)(H,21,25)(H2,22,23,26,27)/b7-6+. The summed E-state index contributed by atoms with van der Waals surface area (Å²) in [7, 11) is 0. The lowest BCUT2D eigenvalue weighted by Crippen LogP contribution is -2.29. The molecular formula is C18H19BrN4O4. The summed E-state index contributed by atoms with van der Waals surface area (Å²) in [5, 5.41) is 5.33. The van der Waals surface area contributed by atoms with Crippen molar-refractivity contribution in [2.45, 2.75) is 19.9 Å². The van der Waals surface area contributed by atoms with Crippen molar-refractivity contribution in [1.29, 1.82) is 0 Å². The first kappa shape index (κ1) is 20.4. The van der Waals surface area contributed by atoms with Gasteiger partial charge in [0, 0.05) is 35.8 Å². The molecule has 27 heavy (non-hydrogen) atoms. The molecule has 0 saturated heterocycles. The predicted molar refractivity (Wildman–Crippen MR) is 105 cm³/mol. The summed E-state index contributed by atoms with van der Waals surface area (Å²) in [5.74, 6) is -0.629. The Balaban J connectivity index is 1.75. The van der Waals surface area contributed by atoms with Crippen LogP contribution in [0.2, 0.25) is 0 Å². The number of benzene rings is 1. The second kappa shape index (κ2) is 9.67. The van der Waals surface area contributed by atoms with Crippen LogP contribution in [0, 0.1) is 6.92 Å². The molecule has 0 aliphatic rings. The number of hydrogen-bond donors (Lipinski definition) is 4. The highest BCUT2D eigenvalue weighted by molar-refractivity contribution is 9.10. The second-order valence-corrected chi connectivity index (χ2v) is 6.64. The van der Waals surface area contributed by atoms with E-state index in [0.29, 0.717) is 12.2 Å². The van der Waals surface area contributed by atoms with Gasteiger partial charge in [-0.1, -0.05) is 28.1 Å². The molecule has 8 nitrogen and oxygen atoms in total. The molecule has 2 amide bonds. The molecule has 1 heterocycles. The van der Waals surface area contributed by atoms with Gasteiger partial charge in [0.1, 0.15) is 0 Å². The fourth-order valence-electron chi connectivity index (χ4n) is 2.22. The van der Waals surface area contributed by atoms with Crippen LogP contribution < -0.4 is 21.9 Å². The normalized spacial score (nSPS) is 10.7. The fraction of sp³-hybridized carbons (Fsp3) is 0.222. The van der Waals surface area contributed by atoms with E-state index >= 15 is 0 Å². The fourth-order valence-corrected chi connectivity index (χ4v) is 2.48. The third-order valence-electron chi connectivity index (χ3n) is 3.63. The van der Waals surface area contributed by atoms with Crippen LogP contribution in [0.1, 0.15) is 23.2 Å². The number of H-pyrrole nitrogens is 2. The Morgan fingerprint density at radius 3 is 2.48 bits per heavy atom. The Bertz CT molecular complexity index is 961. The minimum atomic E-state index is -0.603. The van der Waals surface area contributed by atoms with E-state index in [9.17, 15) is 19.2 Å².